The second-order valence-electron chi connectivity index (χ2n) is 5.05. The molecule has 1 aromatic heterocycles. The number of nitrogens with one attached hydrogen (secondary N) is 2. The molecule has 1 atom stereocenters. The average Bonchev–Trinajstić information content (AvgIpc) is 2.88. The van der Waals surface area contributed by atoms with Gasteiger partial charge in [-0.05, 0) is 11.5 Å². The van der Waals surface area contributed by atoms with E-state index < -0.39 is 0 Å². The van der Waals surface area contributed by atoms with Crippen LogP contribution >= 0.6 is 0 Å². The molecule has 0 aliphatic carbocycles. The van der Waals surface area contributed by atoms with Gasteiger partial charge in [-0.15, -0.1) is 0 Å². The van der Waals surface area contributed by atoms with Crippen LogP contribution in [0.1, 0.15) is 19.4 Å². The Hall–Kier alpha value is -1.65. The highest BCUT2D eigenvalue weighted by molar-refractivity contribution is 5.62. The number of hydrogen-bond acceptors (Lipinski definition) is 3. The minimum absolute atomic E-state index is 0.110. The molecule has 2 aromatic rings. The first-order valence-electron chi connectivity index (χ1n) is 6.64. The molecule has 2 rings (SSSR count). The Bertz CT molecular complexity index is 493. The van der Waals surface area contributed by atoms with E-state index in [0.717, 1.165) is 16.8 Å². The third-order valence-electron chi connectivity index (χ3n) is 3.34. The summed E-state index contributed by atoms with van der Waals surface area (Å²) in [6.45, 7) is 5.04. The van der Waals surface area contributed by atoms with Crippen molar-refractivity contribution in [1.29, 1.82) is 0 Å². The minimum atomic E-state index is 0.110. The number of aromatic nitrogens is 2. The summed E-state index contributed by atoms with van der Waals surface area (Å²) in [5.74, 6) is 0.400. The van der Waals surface area contributed by atoms with E-state index in [1.165, 1.54) is 0 Å². The van der Waals surface area contributed by atoms with E-state index in [0.29, 0.717) is 12.5 Å². The number of aliphatic hydroxyl groups is 1. The van der Waals surface area contributed by atoms with Gasteiger partial charge in [-0.3, -0.25) is 5.10 Å². The van der Waals surface area contributed by atoms with Crippen LogP contribution in [0.4, 0.5) is 0 Å². The molecular formula is C15H21N3O. The molecule has 0 spiro atoms. The van der Waals surface area contributed by atoms with Crippen LogP contribution in [-0.4, -0.2) is 28.0 Å². The molecule has 102 valence electrons. The Kier molecular flexibility index (Phi) is 4.71. The Morgan fingerprint density at radius 3 is 2.63 bits per heavy atom. The average molecular weight is 259 g/mol. The maximum absolute atomic E-state index is 9.33. The lowest BCUT2D eigenvalue weighted by Gasteiger charge is -2.19. The van der Waals surface area contributed by atoms with Crippen LogP contribution in [0.3, 0.4) is 0 Å². The molecule has 3 N–H and O–H groups in total. The summed E-state index contributed by atoms with van der Waals surface area (Å²) in [5.41, 5.74) is 3.28. The molecule has 0 aliphatic heterocycles. The van der Waals surface area contributed by atoms with E-state index >= 15 is 0 Å². The Balaban J connectivity index is 2.08. The molecule has 0 saturated heterocycles. The highest BCUT2D eigenvalue weighted by Gasteiger charge is 2.13. The zero-order valence-corrected chi connectivity index (χ0v) is 11.4. The van der Waals surface area contributed by atoms with Gasteiger partial charge in [0.25, 0.3) is 0 Å². The monoisotopic (exact) mass is 259 g/mol. The van der Waals surface area contributed by atoms with Gasteiger partial charge in [0, 0.05) is 18.2 Å². The lowest BCUT2D eigenvalue weighted by molar-refractivity contribution is 0.210. The third-order valence-corrected chi connectivity index (χ3v) is 3.34. The number of rotatable bonds is 6. The van der Waals surface area contributed by atoms with Crippen molar-refractivity contribution in [3.05, 3.63) is 42.1 Å². The Labute approximate surface area is 113 Å². The fourth-order valence-electron chi connectivity index (χ4n) is 2.05. The molecule has 4 heteroatoms. The first kappa shape index (κ1) is 13.8. The van der Waals surface area contributed by atoms with Crippen molar-refractivity contribution >= 4 is 0 Å². The van der Waals surface area contributed by atoms with E-state index in [9.17, 15) is 5.11 Å². The maximum atomic E-state index is 9.33. The van der Waals surface area contributed by atoms with Gasteiger partial charge in [-0.2, -0.15) is 5.10 Å². The molecule has 0 amide bonds. The maximum Gasteiger partial charge on any atom is 0.0695 e. The van der Waals surface area contributed by atoms with Gasteiger partial charge in [-0.25, -0.2) is 0 Å². The van der Waals surface area contributed by atoms with Crippen LogP contribution in [0.5, 0.6) is 0 Å². The summed E-state index contributed by atoms with van der Waals surface area (Å²) < 4.78 is 0. The summed E-state index contributed by atoms with van der Waals surface area (Å²) >= 11 is 0. The lowest BCUT2D eigenvalue weighted by atomic mass is 10.0. The summed E-state index contributed by atoms with van der Waals surface area (Å²) in [5, 5.41) is 19.9. The van der Waals surface area contributed by atoms with Crippen molar-refractivity contribution in [1.82, 2.24) is 15.5 Å². The zero-order valence-electron chi connectivity index (χ0n) is 11.4. The lowest BCUT2D eigenvalue weighted by Crippen LogP contribution is -2.36. The zero-order chi connectivity index (χ0) is 13.7. The molecule has 0 aliphatic rings. The van der Waals surface area contributed by atoms with Gasteiger partial charge in [0.15, 0.2) is 0 Å². The number of aliphatic hydroxyl groups excluding tert-OH is 1. The van der Waals surface area contributed by atoms with Crippen LogP contribution in [-0.2, 0) is 6.54 Å². The molecule has 0 saturated carbocycles. The summed E-state index contributed by atoms with van der Waals surface area (Å²) in [6, 6.07) is 10.2. The van der Waals surface area contributed by atoms with E-state index in [2.05, 4.69) is 41.5 Å². The van der Waals surface area contributed by atoms with Crippen molar-refractivity contribution in [2.75, 3.05) is 6.61 Å². The van der Waals surface area contributed by atoms with Gasteiger partial charge in [0.05, 0.1) is 18.5 Å². The van der Waals surface area contributed by atoms with Crippen LogP contribution in [0.15, 0.2) is 36.5 Å². The van der Waals surface area contributed by atoms with Crippen LogP contribution in [0, 0.1) is 5.92 Å². The van der Waals surface area contributed by atoms with Crippen molar-refractivity contribution in [3.63, 3.8) is 0 Å². The highest BCUT2D eigenvalue weighted by atomic mass is 16.3. The minimum Gasteiger partial charge on any atom is -0.395 e. The molecular weight excluding hydrogens is 238 g/mol. The molecule has 0 radical (unpaired) electrons. The smallest absolute Gasteiger partial charge is 0.0695 e. The molecule has 4 nitrogen and oxygen atoms in total. The van der Waals surface area contributed by atoms with E-state index in [4.69, 9.17) is 0 Å². The number of hydrogen-bond donors (Lipinski definition) is 3. The molecule has 0 fully saturated rings. The van der Waals surface area contributed by atoms with E-state index in [-0.39, 0.29) is 12.6 Å². The highest BCUT2D eigenvalue weighted by Crippen LogP contribution is 2.20. The fourth-order valence-corrected chi connectivity index (χ4v) is 2.05. The topological polar surface area (TPSA) is 60.9 Å². The molecule has 19 heavy (non-hydrogen) atoms. The number of benzene rings is 1. The second-order valence-corrected chi connectivity index (χ2v) is 5.05. The van der Waals surface area contributed by atoms with Gasteiger partial charge >= 0.3 is 0 Å². The van der Waals surface area contributed by atoms with E-state index in [1.807, 2.05) is 24.4 Å². The largest absolute Gasteiger partial charge is 0.395 e. The SMILES string of the molecule is CC(C)C(CO)NCc1cn[nH]c1-c1ccccc1. The van der Waals surface area contributed by atoms with Gasteiger partial charge < -0.3 is 10.4 Å². The molecule has 1 heterocycles. The summed E-state index contributed by atoms with van der Waals surface area (Å²) in [7, 11) is 0. The third kappa shape index (κ3) is 3.43. The van der Waals surface area contributed by atoms with Crippen molar-refractivity contribution in [3.8, 4) is 11.3 Å². The van der Waals surface area contributed by atoms with Crippen molar-refractivity contribution < 1.29 is 5.11 Å². The van der Waals surface area contributed by atoms with Crippen LogP contribution in [0.25, 0.3) is 11.3 Å². The molecule has 1 aromatic carbocycles. The molecule has 1 unspecified atom stereocenters. The number of aromatic amines is 1. The fraction of sp³-hybridized carbons (Fsp3) is 0.400. The normalized spacial score (nSPS) is 12.8. The van der Waals surface area contributed by atoms with Gasteiger partial charge in [0.1, 0.15) is 0 Å². The molecule has 0 bridgehead atoms. The van der Waals surface area contributed by atoms with Crippen LogP contribution < -0.4 is 5.32 Å². The first-order valence-corrected chi connectivity index (χ1v) is 6.64. The van der Waals surface area contributed by atoms with Crippen molar-refractivity contribution in [2.45, 2.75) is 26.4 Å². The van der Waals surface area contributed by atoms with Gasteiger partial charge in [0.2, 0.25) is 0 Å². The van der Waals surface area contributed by atoms with E-state index in [1.54, 1.807) is 0 Å². The number of nitrogens with zero attached hydrogens (tertiary/aromatic N) is 1. The van der Waals surface area contributed by atoms with Crippen LogP contribution in [0.2, 0.25) is 0 Å². The quantitative estimate of drug-likeness (QED) is 0.745. The summed E-state index contributed by atoms with van der Waals surface area (Å²) in [6.07, 6.45) is 1.84. The summed E-state index contributed by atoms with van der Waals surface area (Å²) in [4.78, 5) is 0. The first-order chi connectivity index (χ1) is 9.22. The van der Waals surface area contributed by atoms with Gasteiger partial charge in [-0.1, -0.05) is 44.2 Å². The predicted molar refractivity (Wildman–Crippen MR) is 76.6 cm³/mol. The Morgan fingerprint density at radius 1 is 1.26 bits per heavy atom. The Morgan fingerprint density at radius 2 is 2.00 bits per heavy atom. The van der Waals surface area contributed by atoms with Crippen molar-refractivity contribution in [2.24, 2.45) is 5.92 Å². The standard InChI is InChI=1S/C15H21N3O/c1-11(2)14(10-19)16-8-13-9-17-18-15(13)12-6-4-3-5-7-12/h3-7,9,11,14,16,19H,8,10H2,1-2H3,(H,17,18). The number of H-pyrrole nitrogens is 1. The second kappa shape index (κ2) is 6.50. The predicted octanol–water partition coefficient (Wildman–Crippen LogP) is 2.18.